The number of aryl methyl sites for hydroxylation is 1. The molecule has 4 nitrogen and oxygen atoms in total. The van der Waals surface area contributed by atoms with Gasteiger partial charge in [0.15, 0.2) is 0 Å². The first-order valence-electron chi connectivity index (χ1n) is 10.3. The Morgan fingerprint density at radius 2 is 1.87 bits per heavy atom. The van der Waals surface area contributed by atoms with Crippen LogP contribution in [0, 0.1) is 5.82 Å². The fraction of sp³-hybridized carbons (Fsp3) is 0.333. The molecule has 3 rings (SSSR count). The van der Waals surface area contributed by atoms with Gasteiger partial charge >= 0.3 is 0 Å². The molecular weight excluding hydrogens is 399 g/mol. The van der Waals surface area contributed by atoms with Crippen LogP contribution in [0.25, 0.3) is 11.3 Å². The van der Waals surface area contributed by atoms with Crippen molar-refractivity contribution in [3.8, 4) is 11.3 Å². The largest absolute Gasteiger partial charge is 0.366 e. The predicted octanol–water partition coefficient (Wildman–Crippen LogP) is 5.82. The second kappa shape index (κ2) is 11.0. The van der Waals surface area contributed by atoms with Gasteiger partial charge in [-0.2, -0.15) is 0 Å². The molecule has 1 N–H and O–H groups in total. The first-order chi connectivity index (χ1) is 14.5. The first kappa shape index (κ1) is 22.2. The maximum Gasteiger partial charge on any atom is 0.126 e. The van der Waals surface area contributed by atoms with Gasteiger partial charge in [0.1, 0.15) is 11.6 Å². The van der Waals surface area contributed by atoms with Gasteiger partial charge in [0.2, 0.25) is 0 Å². The molecule has 0 spiro atoms. The minimum atomic E-state index is -0.242. The van der Waals surface area contributed by atoms with E-state index in [4.69, 9.17) is 11.6 Å². The minimum Gasteiger partial charge on any atom is -0.366 e. The van der Waals surface area contributed by atoms with Gasteiger partial charge in [-0.1, -0.05) is 36.2 Å². The van der Waals surface area contributed by atoms with E-state index < -0.39 is 0 Å². The molecule has 6 heteroatoms. The van der Waals surface area contributed by atoms with Gasteiger partial charge in [-0.25, -0.2) is 9.37 Å². The quantitative estimate of drug-likeness (QED) is 0.414. The number of benzene rings is 1. The second-order valence-electron chi connectivity index (χ2n) is 7.66. The van der Waals surface area contributed by atoms with Crippen LogP contribution in [0.2, 0.25) is 5.02 Å². The Bertz CT molecular complexity index is 961. The van der Waals surface area contributed by atoms with Crippen LogP contribution in [0.3, 0.4) is 0 Å². The molecule has 2 aromatic heterocycles. The lowest BCUT2D eigenvalue weighted by Gasteiger charge is -2.11. The van der Waals surface area contributed by atoms with Crippen LogP contribution in [0.4, 0.5) is 10.2 Å². The lowest BCUT2D eigenvalue weighted by molar-refractivity contribution is 0.391. The number of anilines is 1. The van der Waals surface area contributed by atoms with E-state index in [1.165, 1.54) is 25.0 Å². The zero-order chi connectivity index (χ0) is 21.3. The van der Waals surface area contributed by atoms with Gasteiger partial charge in [0, 0.05) is 24.0 Å². The molecule has 0 amide bonds. The van der Waals surface area contributed by atoms with Crippen molar-refractivity contribution in [1.29, 1.82) is 0 Å². The molecule has 0 saturated heterocycles. The Labute approximate surface area is 183 Å². The normalized spacial score (nSPS) is 11.1. The summed E-state index contributed by atoms with van der Waals surface area (Å²) in [4.78, 5) is 11.4. The number of hydrogen-bond acceptors (Lipinski definition) is 4. The average molecular weight is 427 g/mol. The SMILES string of the molecule is CN(C)CCCCCc1cc(-c2cccc(NCc3cccc(F)c3)n2)c(Cl)cn1. The molecule has 1 aromatic carbocycles. The van der Waals surface area contributed by atoms with Gasteiger partial charge in [-0.15, -0.1) is 0 Å². The van der Waals surface area contributed by atoms with Crippen LogP contribution >= 0.6 is 11.6 Å². The van der Waals surface area contributed by atoms with Crippen LogP contribution in [-0.4, -0.2) is 35.5 Å². The minimum absolute atomic E-state index is 0.242. The summed E-state index contributed by atoms with van der Waals surface area (Å²) in [5.74, 6) is 0.476. The molecule has 0 fully saturated rings. The van der Waals surface area contributed by atoms with Crippen molar-refractivity contribution in [3.63, 3.8) is 0 Å². The third-order valence-corrected chi connectivity index (χ3v) is 5.14. The van der Waals surface area contributed by atoms with E-state index in [1.807, 2.05) is 30.3 Å². The van der Waals surface area contributed by atoms with Crippen LogP contribution < -0.4 is 5.32 Å². The number of nitrogens with zero attached hydrogens (tertiary/aromatic N) is 3. The maximum atomic E-state index is 13.4. The van der Waals surface area contributed by atoms with Crippen LogP contribution in [0.5, 0.6) is 0 Å². The molecule has 0 aliphatic rings. The van der Waals surface area contributed by atoms with Gasteiger partial charge < -0.3 is 10.2 Å². The van der Waals surface area contributed by atoms with E-state index in [1.54, 1.807) is 12.3 Å². The molecule has 0 atom stereocenters. The molecule has 0 aliphatic carbocycles. The van der Waals surface area contributed by atoms with Gasteiger partial charge in [-0.3, -0.25) is 4.98 Å². The van der Waals surface area contributed by atoms with Crippen LogP contribution in [0.15, 0.2) is 54.7 Å². The van der Waals surface area contributed by atoms with Crippen molar-refractivity contribution in [1.82, 2.24) is 14.9 Å². The number of halogens is 2. The summed E-state index contributed by atoms with van der Waals surface area (Å²) in [6.07, 6.45) is 6.10. The summed E-state index contributed by atoms with van der Waals surface area (Å²) in [5, 5.41) is 3.83. The Kier molecular flexibility index (Phi) is 8.17. The summed E-state index contributed by atoms with van der Waals surface area (Å²) in [6, 6.07) is 14.3. The average Bonchev–Trinajstić information content (AvgIpc) is 2.73. The van der Waals surface area contributed by atoms with Crippen LogP contribution in [-0.2, 0) is 13.0 Å². The highest BCUT2D eigenvalue weighted by Crippen LogP contribution is 2.28. The van der Waals surface area contributed by atoms with Crippen molar-refractivity contribution in [2.75, 3.05) is 26.0 Å². The van der Waals surface area contributed by atoms with Crippen molar-refractivity contribution in [3.05, 3.63) is 76.8 Å². The third kappa shape index (κ3) is 6.78. The van der Waals surface area contributed by atoms with E-state index >= 15 is 0 Å². The van der Waals surface area contributed by atoms with Gasteiger partial charge in [-0.05, 0) is 75.8 Å². The molecule has 0 unspecified atom stereocenters. The highest BCUT2D eigenvalue weighted by molar-refractivity contribution is 6.33. The van der Waals surface area contributed by atoms with Crippen molar-refractivity contribution in [2.45, 2.75) is 32.2 Å². The van der Waals surface area contributed by atoms with Crippen molar-refractivity contribution < 1.29 is 4.39 Å². The Morgan fingerprint density at radius 1 is 1.03 bits per heavy atom. The van der Waals surface area contributed by atoms with Gasteiger partial charge in [0.25, 0.3) is 0 Å². The standard InChI is InChI=1S/C24H28ClFN4/c1-30(2)13-5-3-4-10-20-15-21(22(25)17-27-20)23-11-7-12-24(29-23)28-16-18-8-6-9-19(26)14-18/h6-9,11-12,14-15,17H,3-5,10,13,16H2,1-2H3,(H,28,29). The van der Waals surface area contributed by atoms with E-state index in [0.29, 0.717) is 11.6 Å². The summed E-state index contributed by atoms with van der Waals surface area (Å²) < 4.78 is 13.4. The third-order valence-electron chi connectivity index (χ3n) is 4.84. The van der Waals surface area contributed by atoms with E-state index in [-0.39, 0.29) is 5.82 Å². The van der Waals surface area contributed by atoms with Crippen molar-refractivity contribution in [2.24, 2.45) is 0 Å². The molecule has 0 saturated carbocycles. The number of pyridine rings is 2. The fourth-order valence-electron chi connectivity index (χ4n) is 3.25. The summed E-state index contributed by atoms with van der Waals surface area (Å²) in [7, 11) is 4.20. The lowest BCUT2D eigenvalue weighted by Crippen LogP contribution is -2.12. The Balaban J connectivity index is 1.65. The molecule has 158 valence electrons. The van der Waals surface area contributed by atoms with Crippen LogP contribution in [0.1, 0.15) is 30.5 Å². The number of aromatic nitrogens is 2. The number of hydrogen-bond donors (Lipinski definition) is 1. The number of unbranched alkanes of at least 4 members (excludes halogenated alkanes) is 2. The topological polar surface area (TPSA) is 41.0 Å². The Hall–Kier alpha value is -2.50. The summed E-state index contributed by atoms with van der Waals surface area (Å²) in [6.45, 7) is 1.61. The highest BCUT2D eigenvalue weighted by atomic mass is 35.5. The first-order valence-corrected chi connectivity index (χ1v) is 10.6. The predicted molar refractivity (Wildman–Crippen MR) is 122 cm³/mol. The molecule has 2 heterocycles. The van der Waals surface area contributed by atoms with E-state index in [9.17, 15) is 4.39 Å². The summed E-state index contributed by atoms with van der Waals surface area (Å²) >= 11 is 6.42. The van der Waals surface area contributed by atoms with E-state index in [2.05, 4.69) is 34.3 Å². The van der Waals surface area contributed by atoms with Gasteiger partial charge in [0.05, 0.1) is 10.7 Å². The smallest absolute Gasteiger partial charge is 0.126 e. The molecule has 0 bridgehead atoms. The highest BCUT2D eigenvalue weighted by Gasteiger charge is 2.09. The maximum absolute atomic E-state index is 13.4. The van der Waals surface area contributed by atoms with E-state index in [0.717, 1.165) is 47.7 Å². The summed E-state index contributed by atoms with van der Waals surface area (Å²) in [5.41, 5.74) is 3.56. The Morgan fingerprint density at radius 3 is 2.67 bits per heavy atom. The molecule has 3 aromatic rings. The number of rotatable bonds is 10. The number of nitrogens with one attached hydrogen (secondary N) is 1. The zero-order valence-corrected chi connectivity index (χ0v) is 18.3. The molecule has 0 radical (unpaired) electrons. The monoisotopic (exact) mass is 426 g/mol. The van der Waals surface area contributed by atoms with Crippen molar-refractivity contribution >= 4 is 17.4 Å². The second-order valence-corrected chi connectivity index (χ2v) is 8.07. The zero-order valence-electron chi connectivity index (χ0n) is 17.5. The molecule has 0 aliphatic heterocycles. The molecule has 30 heavy (non-hydrogen) atoms. The lowest BCUT2D eigenvalue weighted by atomic mass is 10.1. The fourth-order valence-corrected chi connectivity index (χ4v) is 3.45. The molecular formula is C24H28ClFN4.